The molecule has 0 heterocycles. The lowest BCUT2D eigenvalue weighted by atomic mass is 10.1. The fourth-order valence-electron chi connectivity index (χ4n) is 1.99. The first-order valence-electron chi connectivity index (χ1n) is 6.47. The monoisotopic (exact) mass is 293 g/mol. The Bertz CT molecular complexity index is 545. The molecule has 1 unspecified atom stereocenters. The molecular formula is C14H19N3O4. The molecule has 0 fully saturated rings. The number of carboxylic acid groups (broad SMARTS) is 1. The minimum absolute atomic E-state index is 0.122. The SMILES string of the molecule is Cc1ccccc1N(CCC(=O)O)C(C)C(=O)NC(N)=O. The Morgan fingerprint density at radius 3 is 2.48 bits per heavy atom. The van der Waals surface area contributed by atoms with Crippen LogP contribution in [0.2, 0.25) is 0 Å². The topological polar surface area (TPSA) is 113 Å². The van der Waals surface area contributed by atoms with Gasteiger partial charge < -0.3 is 15.7 Å². The van der Waals surface area contributed by atoms with Gasteiger partial charge in [-0.1, -0.05) is 18.2 Å². The summed E-state index contributed by atoms with van der Waals surface area (Å²) in [5, 5.41) is 10.9. The van der Waals surface area contributed by atoms with Gasteiger partial charge in [0.25, 0.3) is 0 Å². The molecule has 0 aliphatic heterocycles. The predicted molar refractivity (Wildman–Crippen MR) is 78.0 cm³/mol. The van der Waals surface area contributed by atoms with Crippen LogP contribution in [0.3, 0.4) is 0 Å². The lowest BCUT2D eigenvalue weighted by molar-refractivity contribution is -0.137. The molecule has 1 atom stereocenters. The average Bonchev–Trinajstić information content (AvgIpc) is 2.39. The highest BCUT2D eigenvalue weighted by atomic mass is 16.4. The summed E-state index contributed by atoms with van der Waals surface area (Å²) in [7, 11) is 0. The van der Waals surface area contributed by atoms with E-state index in [4.69, 9.17) is 10.8 Å². The van der Waals surface area contributed by atoms with Crippen molar-refractivity contribution in [3.8, 4) is 0 Å². The zero-order chi connectivity index (χ0) is 16.0. The number of imide groups is 1. The molecule has 0 spiro atoms. The van der Waals surface area contributed by atoms with Gasteiger partial charge in [0, 0.05) is 12.2 Å². The third kappa shape index (κ3) is 4.79. The van der Waals surface area contributed by atoms with Crippen LogP contribution in [0, 0.1) is 6.92 Å². The van der Waals surface area contributed by atoms with Crippen molar-refractivity contribution in [1.29, 1.82) is 0 Å². The number of urea groups is 1. The summed E-state index contributed by atoms with van der Waals surface area (Å²) in [4.78, 5) is 35.1. The summed E-state index contributed by atoms with van der Waals surface area (Å²) >= 11 is 0. The Labute approximate surface area is 122 Å². The van der Waals surface area contributed by atoms with Gasteiger partial charge in [0.1, 0.15) is 6.04 Å². The van der Waals surface area contributed by atoms with Crippen LogP contribution in [0.25, 0.3) is 0 Å². The molecular weight excluding hydrogens is 274 g/mol. The molecule has 21 heavy (non-hydrogen) atoms. The summed E-state index contributed by atoms with van der Waals surface area (Å²) in [5.41, 5.74) is 6.58. The van der Waals surface area contributed by atoms with Crippen LogP contribution in [-0.4, -0.2) is 35.6 Å². The smallest absolute Gasteiger partial charge is 0.318 e. The number of nitrogens with two attached hydrogens (primary N) is 1. The van der Waals surface area contributed by atoms with Gasteiger partial charge in [-0.2, -0.15) is 0 Å². The number of carbonyl (C=O) groups is 3. The van der Waals surface area contributed by atoms with Crippen LogP contribution in [-0.2, 0) is 9.59 Å². The minimum atomic E-state index is -0.962. The largest absolute Gasteiger partial charge is 0.481 e. The first-order valence-corrected chi connectivity index (χ1v) is 6.47. The molecule has 4 N–H and O–H groups in total. The molecule has 1 aromatic carbocycles. The minimum Gasteiger partial charge on any atom is -0.481 e. The van der Waals surface area contributed by atoms with Crippen LogP contribution in [0.1, 0.15) is 18.9 Å². The number of carbonyl (C=O) groups excluding carboxylic acids is 2. The van der Waals surface area contributed by atoms with Crippen LogP contribution >= 0.6 is 0 Å². The number of anilines is 1. The lowest BCUT2D eigenvalue weighted by Gasteiger charge is -2.31. The Kier molecular flexibility index (Phi) is 5.71. The van der Waals surface area contributed by atoms with E-state index < -0.39 is 23.9 Å². The van der Waals surface area contributed by atoms with Gasteiger partial charge in [0.05, 0.1) is 6.42 Å². The number of nitrogens with zero attached hydrogens (tertiary/aromatic N) is 1. The van der Waals surface area contributed by atoms with E-state index >= 15 is 0 Å². The molecule has 7 heteroatoms. The summed E-state index contributed by atoms with van der Waals surface area (Å²) in [5.74, 6) is -1.53. The Hall–Kier alpha value is -2.57. The van der Waals surface area contributed by atoms with Crippen molar-refractivity contribution in [2.75, 3.05) is 11.4 Å². The van der Waals surface area contributed by atoms with Crippen LogP contribution in [0.15, 0.2) is 24.3 Å². The quantitative estimate of drug-likeness (QED) is 0.720. The maximum atomic E-state index is 11.9. The number of carboxylic acids is 1. The zero-order valence-electron chi connectivity index (χ0n) is 12.0. The van der Waals surface area contributed by atoms with E-state index in [0.717, 1.165) is 11.3 Å². The fraction of sp³-hybridized carbons (Fsp3) is 0.357. The number of nitrogens with one attached hydrogen (secondary N) is 1. The number of aryl methyl sites for hydroxylation is 1. The van der Waals surface area contributed by atoms with E-state index in [0.29, 0.717) is 0 Å². The molecule has 114 valence electrons. The van der Waals surface area contributed by atoms with Gasteiger partial charge in [0.2, 0.25) is 5.91 Å². The normalized spacial score (nSPS) is 11.5. The lowest BCUT2D eigenvalue weighted by Crippen LogP contribution is -2.49. The van der Waals surface area contributed by atoms with E-state index in [1.807, 2.05) is 24.4 Å². The van der Waals surface area contributed by atoms with Crippen molar-refractivity contribution >= 4 is 23.6 Å². The molecule has 7 nitrogen and oxygen atoms in total. The average molecular weight is 293 g/mol. The summed E-state index contributed by atoms with van der Waals surface area (Å²) in [6, 6.07) is 5.65. The molecule has 0 saturated heterocycles. The van der Waals surface area contributed by atoms with Crippen molar-refractivity contribution in [2.45, 2.75) is 26.3 Å². The highest BCUT2D eigenvalue weighted by Crippen LogP contribution is 2.22. The Morgan fingerprint density at radius 2 is 1.95 bits per heavy atom. The molecule has 0 bridgehead atoms. The molecule has 1 aromatic rings. The van der Waals surface area contributed by atoms with Crippen molar-refractivity contribution < 1.29 is 19.5 Å². The maximum absolute atomic E-state index is 11.9. The van der Waals surface area contributed by atoms with E-state index in [-0.39, 0.29) is 13.0 Å². The third-order valence-electron chi connectivity index (χ3n) is 3.08. The van der Waals surface area contributed by atoms with E-state index in [2.05, 4.69) is 0 Å². The van der Waals surface area contributed by atoms with Gasteiger partial charge in [-0.3, -0.25) is 14.9 Å². The van der Waals surface area contributed by atoms with Crippen molar-refractivity contribution in [3.05, 3.63) is 29.8 Å². The van der Waals surface area contributed by atoms with Gasteiger partial charge in [-0.25, -0.2) is 4.79 Å². The molecule has 3 amide bonds. The molecule has 0 aliphatic carbocycles. The molecule has 0 aliphatic rings. The summed E-state index contributed by atoms with van der Waals surface area (Å²) in [6.07, 6.45) is -0.122. The second-order valence-electron chi connectivity index (χ2n) is 4.65. The maximum Gasteiger partial charge on any atom is 0.318 e. The number of amides is 3. The standard InChI is InChI=1S/C14H19N3O4/c1-9-5-3-4-6-11(9)17(8-7-12(18)19)10(2)13(20)16-14(15)21/h3-6,10H,7-8H2,1-2H3,(H,18,19)(H3,15,16,20,21). The highest BCUT2D eigenvalue weighted by molar-refractivity contribution is 5.97. The van der Waals surface area contributed by atoms with Gasteiger partial charge in [0.15, 0.2) is 0 Å². The number of rotatable bonds is 6. The van der Waals surface area contributed by atoms with Crippen LogP contribution in [0.4, 0.5) is 10.5 Å². The second-order valence-corrected chi connectivity index (χ2v) is 4.65. The highest BCUT2D eigenvalue weighted by Gasteiger charge is 2.24. The zero-order valence-corrected chi connectivity index (χ0v) is 12.0. The molecule has 0 aromatic heterocycles. The Morgan fingerprint density at radius 1 is 1.33 bits per heavy atom. The second kappa shape index (κ2) is 7.28. The van der Waals surface area contributed by atoms with Crippen molar-refractivity contribution in [3.63, 3.8) is 0 Å². The molecule has 0 saturated carbocycles. The number of primary amides is 1. The number of hydrogen-bond acceptors (Lipinski definition) is 4. The number of aliphatic carboxylic acids is 1. The number of para-hydroxylation sites is 1. The first-order chi connectivity index (χ1) is 9.82. The van der Waals surface area contributed by atoms with Gasteiger partial charge >= 0.3 is 12.0 Å². The first kappa shape index (κ1) is 16.5. The third-order valence-corrected chi connectivity index (χ3v) is 3.08. The predicted octanol–water partition coefficient (Wildman–Crippen LogP) is 0.860. The molecule has 0 radical (unpaired) electrons. The van der Waals surface area contributed by atoms with Crippen LogP contribution in [0.5, 0.6) is 0 Å². The fourth-order valence-corrected chi connectivity index (χ4v) is 1.99. The van der Waals surface area contributed by atoms with Crippen molar-refractivity contribution in [2.24, 2.45) is 5.73 Å². The van der Waals surface area contributed by atoms with E-state index in [9.17, 15) is 14.4 Å². The summed E-state index contributed by atoms with van der Waals surface area (Å²) in [6.45, 7) is 3.60. The number of hydrogen-bond donors (Lipinski definition) is 3. The summed E-state index contributed by atoms with van der Waals surface area (Å²) < 4.78 is 0. The van der Waals surface area contributed by atoms with Gasteiger partial charge in [-0.15, -0.1) is 0 Å². The van der Waals surface area contributed by atoms with E-state index in [1.165, 1.54) is 0 Å². The number of benzene rings is 1. The molecule has 1 rings (SSSR count). The van der Waals surface area contributed by atoms with Crippen LogP contribution < -0.4 is 16.0 Å². The Balaban J connectivity index is 3.01. The van der Waals surface area contributed by atoms with Gasteiger partial charge in [-0.05, 0) is 25.5 Å². The van der Waals surface area contributed by atoms with E-state index in [1.54, 1.807) is 24.0 Å². The van der Waals surface area contributed by atoms with Crippen molar-refractivity contribution in [1.82, 2.24) is 5.32 Å².